The molecule has 4 saturated carbocycles. The van der Waals surface area contributed by atoms with Gasteiger partial charge in [-0.3, -0.25) is 4.79 Å². The van der Waals surface area contributed by atoms with Crippen LogP contribution >= 0.6 is 0 Å². The first-order valence-corrected chi connectivity index (χ1v) is 21.4. The van der Waals surface area contributed by atoms with Crippen molar-refractivity contribution in [1.82, 2.24) is 10.2 Å². The Labute approximate surface area is 311 Å². The summed E-state index contributed by atoms with van der Waals surface area (Å²) < 4.78 is 19.3. The Balaban J connectivity index is 1.13. The Morgan fingerprint density at radius 3 is 2.47 bits per heavy atom. The van der Waals surface area contributed by atoms with Crippen molar-refractivity contribution in [3.63, 3.8) is 0 Å². The van der Waals surface area contributed by atoms with Crippen molar-refractivity contribution in [2.75, 3.05) is 32.9 Å². The zero-order valence-corrected chi connectivity index (χ0v) is 33.7. The molecule has 0 aromatic carbocycles. The predicted octanol–water partition coefficient (Wildman–Crippen LogP) is 10.6. The fourth-order valence-electron chi connectivity index (χ4n) is 15.2. The van der Waals surface area contributed by atoms with Crippen LogP contribution in [0.5, 0.6) is 0 Å². The van der Waals surface area contributed by atoms with Gasteiger partial charge in [0.05, 0.1) is 0 Å². The SMILES string of the molecule is C=C(C)[C@@H]1CC[C@]2(NCCN3CCCCC(C)C3)CC[C@]3(C)[C@H](CC[C@@H]4[C@@]5(C)CC=C(C6=CC[C@@](CF)(OC=O)CC6)C(C)(C)[C@@H]5CC[C@]43C)[C@@H]12. The van der Waals surface area contributed by atoms with Gasteiger partial charge < -0.3 is 15.0 Å². The van der Waals surface area contributed by atoms with Crippen molar-refractivity contribution in [3.8, 4) is 0 Å². The van der Waals surface area contributed by atoms with Crippen LogP contribution in [-0.4, -0.2) is 55.4 Å². The first-order chi connectivity index (χ1) is 24.2. The largest absolute Gasteiger partial charge is 0.458 e. The Kier molecular flexibility index (Phi) is 10.2. The lowest BCUT2D eigenvalue weighted by Gasteiger charge is -2.72. The summed E-state index contributed by atoms with van der Waals surface area (Å²) in [5.74, 6) is 4.27. The van der Waals surface area contributed by atoms with Crippen LogP contribution < -0.4 is 5.32 Å². The number of fused-ring (bicyclic) bond motifs is 7. The van der Waals surface area contributed by atoms with E-state index in [1.807, 2.05) is 0 Å². The topological polar surface area (TPSA) is 41.6 Å². The highest BCUT2D eigenvalue weighted by Gasteiger charge is 2.70. The van der Waals surface area contributed by atoms with Crippen LogP contribution in [0.15, 0.2) is 35.5 Å². The number of likely N-dealkylation sites (tertiary alicyclic amines) is 1. The van der Waals surface area contributed by atoms with Gasteiger partial charge in [-0.25, -0.2) is 4.39 Å². The lowest BCUT2D eigenvalue weighted by Crippen LogP contribution is -2.68. The van der Waals surface area contributed by atoms with Crippen LogP contribution in [0, 0.1) is 57.2 Å². The molecule has 5 fully saturated rings. The number of allylic oxidation sites excluding steroid dienone is 4. The zero-order valence-electron chi connectivity index (χ0n) is 33.7. The van der Waals surface area contributed by atoms with Gasteiger partial charge in [-0.1, -0.05) is 72.3 Å². The van der Waals surface area contributed by atoms with Crippen LogP contribution in [0.1, 0.15) is 145 Å². The molecule has 1 heterocycles. The second-order valence-electron chi connectivity index (χ2n) is 20.7. The molecular formula is C46H73FN2O2. The van der Waals surface area contributed by atoms with Crippen LogP contribution in [0.3, 0.4) is 0 Å². The molecule has 0 spiro atoms. The lowest BCUT2D eigenvalue weighted by molar-refractivity contribution is -0.221. The second-order valence-corrected chi connectivity index (χ2v) is 20.7. The molecule has 4 nitrogen and oxygen atoms in total. The molecule has 0 bridgehead atoms. The molecule has 286 valence electrons. The summed E-state index contributed by atoms with van der Waals surface area (Å²) in [5, 5.41) is 4.37. The molecular weight excluding hydrogens is 632 g/mol. The monoisotopic (exact) mass is 705 g/mol. The molecule has 1 unspecified atom stereocenters. The number of nitrogens with zero attached hydrogens (tertiary/aromatic N) is 1. The first-order valence-electron chi connectivity index (χ1n) is 21.4. The third-order valence-corrected chi connectivity index (χ3v) is 18.0. The van der Waals surface area contributed by atoms with Crippen molar-refractivity contribution in [3.05, 3.63) is 35.5 Å². The summed E-state index contributed by atoms with van der Waals surface area (Å²) >= 11 is 0. The van der Waals surface area contributed by atoms with Gasteiger partial charge in [0.15, 0.2) is 0 Å². The molecule has 0 aromatic heterocycles. The van der Waals surface area contributed by atoms with E-state index in [1.165, 1.54) is 107 Å². The minimum absolute atomic E-state index is 0.0620. The average molecular weight is 705 g/mol. The number of hydrogen-bond acceptors (Lipinski definition) is 4. The van der Waals surface area contributed by atoms with E-state index in [9.17, 15) is 9.18 Å². The Bertz CT molecular complexity index is 1400. The predicted molar refractivity (Wildman–Crippen MR) is 208 cm³/mol. The highest BCUT2D eigenvalue weighted by Crippen LogP contribution is 2.76. The van der Waals surface area contributed by atoms with Gasteiger partial charge >= 0.3 is 0 Å². The second kappa shape index (κ2) is 13.7. The average Bonchev–Trinajstić information content (AvgIpc) is 3.35. The quantitative estimate of drug-likeness (QED) is 0.192. The van der Waals surface area contributed by atoms with E-state index in [2.05, 4.69) is 77.4 Å². The fourth-order valence-corrected chi connectivity index (χ4v) is 15.2. The number of nitrogens with one attached hydrogen (secondary N) is 1. The van der Waals surface area contributed by atoms with Crippen molar-refractivity contribution < 1.29 is 13.9 Å². The van der Waals surface area contributed by atoms with Crippen molar-refractivity contribution >= 4 is 6.47 Å². The molecule has 5 heteroatoms. The number of carbonyl (C=O) groups excluding carboxylic acids is 1. The summed E-state index contributed by atoms with van der Waals surface area (Å²) in [6.07, 6.45) is 22.6. The molecule has 0 amide bonds. The first kappa shape index (κ1) is 37.8. The van der Waals surface area contributed by atoms with Crippen LogP contribution in [-0.2, 0) is 9.53 Å². The molecule has 1 saturated heterocycles. The molecule has 7 aliphatic rings. The lowest BCUT2D eigenvalue weighted by atomic mass is 9.33. The molecule has 51 heavy (non-hydrogen) atoms. The van der Waals surface area contributed by atoms with Gasteiger partial charge in [0, 0.05) is 31.6 Å². The molecule has 0 radical (unpaired) electrons. The van der Waals surface area contributed by atoms with Crippen LogP contribution in [0.2, 0.25) is 0 Å². The van der Waals surface area contributed by atoms with Crippen molar-refractivity contribution in [1.29, 1.82) is 0 Å². The maximum absolute atomic E-state index is 14.0. The molecule has 7 rings (SSSR count). The van der Waals surface area contributed by atoms with E-state index in [4.69, 9.17) is 4.74 Å². The molecule has 11 atom stereocenters. The number of hydrogen-bond donors (Lipinski definition) is 1. The molecule has 0 aromatic rings. The number of carbonyl (C=O) groups is 1. The summed E-state index contributed by atoms with van der Waals surface area (Å²) in [4.78, 5) is 13.9. The highest BCUT2D eigenvalue weighted by molar-refractivity contribution is 5.43. The number of alkyl halides is 1. The van der Waals surface area contributed by atoms with Crippen LogP contribution in [0.4, 0.5) is 4.39 Å². The van der Waals surface area contributed by atoms with E-state index in [1.54, 1.807) is 0 Å². The standard InChI is InChI=1S/C46H73FN2O2/c1-32(2)35-16-23-46(48-26-28-49-27-10-9-11-33(3)29-49)25-24-43(7)37(40(35)46)12-13-39-42(6)19-17-36(41(4,5)38(42)18-20-44(39,43)8)34-14-21-45(30-47,22-15-34)51-31-50/h14,17,31,33,35,37-40,48H,1,9-13,15-16,18-30H2,2-8H3/t33?,35-,37+,38-,39+,40+,42-,43+,44+,45+,46-/m0/s1. The summed E-state index contributed by atoms with van der Waals surface area (Å²) in [5.41, 5.74) is 4.60. The number of rotatable bonds is 9. The van der Waals surface area contributed by atoms with Crippen molar-refractivity contribution in [2.45, 2.75) is 156 Å². The van der Waals surface area contributed by atoms with Gasteiger partial charge in [-0.2, -0.15) is 0 Å². The summed E-state index contributed by atoms with van der Waals surface area (Å²) in [7, 11) is 0. The van der Waals surface area contributed by atoms with Gasteiger partial charge in [0.1, 0.15) is 12.3 Å². The Morgan fingerprint density at radius 2 is 1.76 bits per heavy atom. The summed E-state index contributed by atoms with van der Waals surface area (Å²) in [6.45, 7) is 27.4. The van der Waals surface area contributed by atoms with Crippen LogP contribution in [0.25, 0.3) is 0 Å². The number of halogens is 1. The van der Waals surface area contributed by atoms with Crippen molar-refractivity contribution in [2.24, 2.45) is 57.2 Å². The Hall–Kier alpha value is -1.46. The fraction of sp³-hybridized carbons (Fsp3) is 0.848. The smallest absolute Gasteiger partial charge is 0.293 e. The van der Waals surface area contributed by atoms with E-state index in [0.717, 1.165) is 37.1 Å². The third kappa shape index (κ3) is 5.98. The highest BCUT2D eigenvalue weighted by atomic mass is 19.1. The minimum Gasteiger partial charge on any atom is -0.458 e. The van der Waals surface area contributed by atoms with Gasteiger partial charge in [-0.15, -0.1) is 0 Å². The molecule has 1 N–H and O–H groups in total. The summed E-state index contributed by atoms with van der Waals surface area (Å²) in [6, 6.07) is 0. The normalized spacial score (nSPS) is 46.7. The van der Waals surface area contributed by atoms with E-state index in [-0.39, 0.29) is 16.4 Å². The Morgan fingerprint density at radius 1 is 0.961 bits per heavy atom. The maximum atomic E-state index is 14.0. The molecule has 1 aliphatic heterocycles. The molecule has 6 aliphatic carbocycles. The zero-order chi connectivity index (χ0) is 36.5. The third-order valence-electron chi connectivity index (χ3n) is 18.0. The minimum atomic E-state index is -0.971. The van der Waals surface area contributed by atoms with E-state index in [0.29, 0.717) is 47.9 Å². The van der Waals surface area contributed by atoms with Gasteiger partial charge in [0.25, 0.3) is 6.47 Å². The maximum Gasteiger partial charge on any atom is 0.293 e. The van der Waals surface area contributed by atoms with E-state index >= 15 is 0 Å². The van der Waals surface area contributed by atoms with Gasteiger partial charge in [0.2, 0.25) is 0 Å². The van der Waals surface area contributed by atoms with Gasteiger partial charge in [-0.05, 0) is 165 Å². The van der Waals surface area contributed by atoms with E-state index < -0.39 is 12.3 Å². The number of ether oxygens (including phenoxy) is 1.